The van der Waals surface area contributed by atoms with Gasteiger partial charge in [-0.25, -0.2) is 13.1 Å². The van der Waals surface area contributed by atoms with Crippen LogP contribution in [-0.2, 0) is 16.6 Å². The molecule has 1 heterocycles. The highest BCUT2D eigenvalue weighted by Gasteiger charge is 2.28. The summed E-state index contributed by atoms with van der Waals surface area (Å²) in [6.45, 7) is 7.14. The van der Waals surface area contributed by atoms with Crippen LogP contribution in [0.4, 0.5) is 0 Å². The van der Waals surface area contributed by atoms with E-state index in [1.807, 2.05) is 31.5 Å². The molecule has 1 atom stereocenters. The number of nitrogens with zero attached hydrogens (tertiary/aromatic N) is 2. The first-order valence-electron chi connectivity index (χ1n) is 9.27. The van der Waals surface area contributed by atoms with Gasteiger partial charge in [-0.1, -0.05) is 6.92 Å². The quantitative estimate of drug-likeness (QED) is 0.622. The molecule has 2 N–H and O–H groups in total. The number of halogens is 1. The summed E-state index contributed by atoms with van der Waals surface area (Å²) in [6.07, 6.45) is 1.71. The average Bonchev–Trinajstić information content (AvgIpc) is 3.36. The van der Waals surface area contributed by atoms with Gasteiger partial charge in [0.25, 0.3) is 5.91 Å². The first-order valence-corrected chi connectivity index (χ1v) is 11.5. The molecule has 0 saturated heterocycles. The Bertz CT molecular complexity index is 983. The zero-order chi connectivity index (χ0) is 20.5. The van der Waals surface area contributed by atoms with Gasteiger partial charge in [0.05, 0.1) is 16.2 Å². The summed E-state index contributed by atoms with van der Waals surface area (Å²) in [5.41, 5.74) is 2.35. The fourth-order valence-corrected chi connectivity index (χ4v) is 4.67. The number of aromatic nitrogens is 2. The molecule has 1 unspecified atom stereocenters. The maximum atomic E-state index is 12.6. The van der Waals surface area contributed by atoms with E-state index in [2.05, 4.69) is 31.1 Å². The lowest BCUT2D eigenvalue weighted by Crippen LogP contribution is -2.31. The second-order valence-electron chi connectivity index (χ2n) is 7.46. The third-order valence-corrected chi connectivity index (χ3v) is 6.80. The van der Waals surface area contributed by atoms with Crippen LogP contribution >= 0.6 is 15.9 Å². The summed E-state index contributed by atoms with van der Waals surface area (Å²) in [5.74, 6) is -0.139. The molecule has 2 aromatic rings. The minimum absolute atomic E-state index is 0.0150. The first-order chi connectivity index (χ1) is 13.2. The molecule has 28 heavy (non-hydrogen) atoms. The van der Waals surface area contributed by atoms with Crippen molar-refractivity contribution in [3.05, 3.63) is 45.7 Å². The van der Waals surface area contributed by atoms with E-state index in [9.17, 15) is 13.2 Å². The van der Waals surface area contributed by atoms with Gasteiger partial charge < -0.3 is 5.32 Å². The number of hydrogen-bond acceptors (Lipinski definition) is 4. The van der Waals surface area contributed by atoms with Crippen LogP contribution in [0.1, 0.15) is 41.5 Å². The summed E-state index contributed by atoms with van der Waals surface area (Å²) in [4.78, 5) is 12.7. The topological polar surface area (TPSA) is 93.1 Å². The SMILES string of the molecule is Cc1cc(C)n(CC(C)CNC(=O)c2cc(S(=O)(=O)NC3CC3)ccc2Br)n1. The monoisotopic (exact) mass is 468 g/mol. The summed E-state index contributed by atoms with van der Waals surface area (Å²) in [5, 5.41) is 7.33. The lowest BCUT2D eigenvalue weighted by atomic mass is 10.1. The molecule has 0 aliphatic heterocycles. The molecule has 0 spiro atoms. The molecule has 3 rings (SSSR count). The summed E-state index contributed by atoms with van der Waals surface area (Å²) in [6, 6.07) is 6.54. The second kappa shape index (κ2) is 8.34. The van der Waals surface area contributed by atoms with Crippen LogP contribution in [0.25, 0.3) is 0 Å². The molecule has 0 bridgehead atoms. The predicted molar refractivity (Wildman–Crippen MR) is 111 cm³/mol. The molecule has 1 fully saturated rings. The maximum absolute atomic E-state index is 12.6. The van der Waals surface area contributed by atoms with E-state index >= 15 is 0 Å². The third kappa shape index (κ3) is 5.21. The number of sulfonamides is 1. The molecule has 0 radical (unpaired) electrons. The van der Waals surface area contributed by atoms with E-state index in [4.69, 9.17) is 0 Å². The van der Waals surface area contributed by atoms with Crippen molar-refractivity contribution in [3.63, 3.8) is 0 Å². The van der Waals surface area contributed by atoms with Gasteiger partial charge in [0.15, 0.2) is 0 Å². The number of carbonyl (C=O) groups is 1. The van der Waals surface area contributed by atoms with E-state index < -0.39 is 10.0 Å². The van der Waals surface area contributed by atoms with Crippen molar-refractivity contribution in [2.75, 3.05) is 6.54 Å². The van der Waals surface area contributed by atoms with Crippen molar-refractivity contribution >= 4 is 31.9 Å². The Hall–Kier alpha value is -1.71. The van der Waals surface area contributed by atoms with E-state index in [1.165, 1.54) is 12.1 Å². The van der Waals surface area contributed by atoms with Gasteiger partial charge in [0, 0.05) is 29.3 Å². The Morgan fingerprint density at radius 2 is 2.04 bits per heavy atom. The van der Waals surface area contributed by atoms with Crippen molar-refractivity contribution in [2.24, 2.45) is 5.92 Å². The van der Waals surface area contributed by atoms with Gasteiger partial charge in [-0.2, -0.15) is 5.10 Å². The highest BCUT2D eigenvalue weighted by Crippen LogP contribution is 2.25. The van der Waals surface area contributed by atoms with Crippen LogP contribution < -0.4 is 10.0 Å². The molecule has 1 aliphatic carbocycles. The number of rotatable bonds is 8. The Morgan fingerprint density at radius 3 is 2.64 bits per heavy atom. The molecule has 7 nitrogen and oxygen atoms in total. The number of nitrogens with one attached hydrogen (secondary N) is 2. The van der Waals surface area contributed by atoms with Crippen molar-refractivity contribution in [1.29, 1.82) is 0 Å². The Balaban J connectivity index is 1.64. The molecular weight excluding hydrogens is 444 g/mol. The number of amides is 1. The number of aryl methyl sites for hydroxylation is 2. The van der Waals surface area contributed by atoms with Crippen LogP contribution in [-0.4, -0.2) is 36.7 Å². The Kier molecular flexibility index (Phi) is 6.26. The van der Waals surface area contributed by atoms with Gasteiger partial charge in [0.2, 0.25) is 10.0 Å². The van der Waals surface area contributed by atoms with Crippen molar-refractivity contribution in [2.45, 2.75) is 51.1 Å². The summed E-state index contributed by atoms with van der Waals surface area (Å²) < 4.78 is 29.9. The van der Waals surface area contributed by atoms with E-state index in [0.29, 0.717) is 23.1 Å². The first kappa shape index (κ1) is 21.0. The van der Waals surface area contributed by atoms with E-state index in [1.54, 1.807) is 6.07 Å². The van der Waals surface area contributed by atoms with Gasteiger partial charge in [0.1, 0.15) is 0 Å². The number of benzene rings is 1. The van der Waals surface area contributed by atoms with Gasteiger partial charge in [-0.3, -0.25) is 9.48 Å². The Labute approximate surface area is 174 Å². The van der Waals surface area contributed by atoms with Gasteiger partial charge in [-0.05, 0) is 72.8 Å². The van der Waals surface area contributed by atoms with Crippen LogP contribution in [0.15, 0.2) is 33.6 Å². The van der Waals surface area contributed by atoms with Crippen LogP contribution in [0.5, 0.6) is 0 Å². The van der Waals surface area contributed by atoms with Gasteiger partial charge >= 0.3 is 0 Å². The fourth-order valence-electron chi connectivity index (χ4n) is 2.92. The van der Waals surface area contributed by atoms with Crippen LogP contribution in [0.2, 0.25) is 0 Å². The standard InChI is InChI=1S/C19H25BrN4O3S/c1-12(11-24-14(3)8-13(2)22-24)10-21-19(25)17-9-16(6-7-18(17)20)28(26,27)23-15-4-5-15/h6-9,12,15,23H,4-5,10-11H2,1-3H3,(H,21,25). The lowest BCUT2D eigenvalue weighted by Gasteiger charge is -2.15. The predicted octanol–water partition coefficient (Wildman–Crippen LogP) is 2.77. The minimum Gasteiger partial charge on any atom is -0.352 e. The number of hydrogen-bond donors (Lipinski definition) is 2. The second-order valence-corrected chi connectivity index (χ2v) is 10.0. The van der Waals surface area contributed by atoms with Crippen molar-refractivity contribution in [1.82, 2.24) is 19.8 Å². The molecule has 1 aliphatic rings. The van der Waals surface area contributed by atoms with Crippen LogP contribution in [0.3, 0.4) is 0 Å². The summed E-state index contributed by atoms with van der Waals surface area (Å²) in [7, 11) is -3.61. The van der Waals surface area contributed by atoms with Crippen molar-refractivity contribution < 1.29 is 13.2 Å². The zero-order valence-corrected chi connectivity index (χ0v) is 18.6. The van der Waals surface area contributed by atoms with E-state index in [0.717, 1.165) is 24.2 Å². The largest absolute Gasteiger partial charge is 0.352 e. The molecule has 9 heteroatoms. The third-order valence-electron chi connectivity index (χ3n) is 4.59. The van der Waals surface area contributed by atoms with Crippen molar-refractivity contribution in [3.8, 4) is 0 Å². The molecule has 1 aromatic heterocycles. The summed E-state index contributed by atoms with van der Waals surface area (Å²) >= 11 is 3.34. The lowest BCUT2D eigenvalue weighted by molar-refractivity contribution is 0.0945. The fraction of sp³-hybridized carbons (Fsp3) is 0.474. The minimum atomic E-state index is -3.61. The Morgan fingerprint density at radius 1 is 1.32 bits per heavy atom. The van der Waals surface area contributed by atoms with Gasteiger partial charge in [-0.15, -0.1) is 0 Å². The zero-order valence-electron chi connectivity index (χ0n) is 16.2. The smallest absolute Gasteiger partial charge is 0.252 e. The maximum Gasteiger partial charge on any atom is 0.252 e. The highest BCUT2D eigenvalue weighted by molar-refractivity contribution is 9.10. The molecule has 1 saturated carbocycles. The average molecular weight is 469 g/mol. The molecule has 152 valence electrons. The highest BCUT2D eigenvalue weighted by atomic mass is 79.9. The molecule has 1 aromatic carbocycles. The normalized spacial score (nSPS) is 15.4. The number of carbonyl (C=O) groups excluding carboxylic acids is 1. The molecule has 1 amide bonds. The van der Waals surface area contributed by atoms with Crippen LogP contribution in [0, 0.1) is 19.8 Å². The van der Waals surface area contributed by atoms with E-state index in [-0.39, 0.29) is 22.8 Å². The molecular formula is C19H25BrN4O3S.